The summed E-state index contributed by atoms with van der Waals surface area (Å²) in [5.41, 5.74) is 4.87. The van der Waals surface area contributed by atoms with Gasteiger partial charge in [-0.3, -0.25) is 9.89 Å². The summed E-state index contributed by atoms with van der Waals surface area (Å²) < 4.78 is 24.2. The molecule has 0 atom stereocenters. The van der Waals surface area contributed by atoms with Crippen molar-refractivity contribution in [2.24, 2.45) is 0 Å². The minimum atomic E-state index is -2.67. The number of carbonyl (C=O) groups excluding carboxylic acids is 1. The van der Waals surface area contributed by atoms with Crippen molar-refractivity contribution in [3.8, 4) is 11.4 Å². The largest absolute Gasteiger partial charge is 0.368 e. The molecule has 1 saturated heterocycles. The van der Waals surface area contributed by atoms with E-state index in [2.05, 4.69) is 42.3 Å². The number of anilines is 3. The number of piperazine rings is 1. The molecule has 2 aromatic heterocycles. The molecule has 1 aliphatic rings. The molecule has 0 spiro atoms. The highest BCUT2D eigenvalue weighted by atomic mass is 32.2. The van der Waals surface area contributed by atoms with Gasteiger partial charge in [0, 0.05) is 56.6 Å². The van der Waals surface area contributed by atoms with Crippen LogP contribution in [-0.2, 0) is 22.2 Å². The Kier molecular flexibility index (Phi) is 6.78. The van der Waals surface area contributed by atoms with Crippen molar-refractivity contribution in [2.75, 3.05) is 36.4 Å². The molecule has 3 heterocycles. The van der Waals surface area contributed by atoms with Gasteiger partial charge in [-0.15, -0.1) is 0 Å². The normalized spacial score (nSPS) is 13.9. The number of hydrogen-bond donors (Lipinski definition) is 4. The highest BCUT2D eigenvalue weighted by Gasteiger charge is 2.19. The highest BCUT2D eigenvalue weighted by molar-refractivity contribution is 7.70. The molecule has 0 aliphatic carbocycles. The lowest BCUT2D eigenvalue weighted by molar-refractivity contribution is -0.129. The molecule has 1 amide bonds. The molecule has 12 heteroatoms. The van der Waals surface area contributed by atoms with Gasteiger partial charge in [0.1, 0.15) is 11.0 Å². The lowest BCUT2D eigenvalue weighted by Gasteiger charge is -2.35. The van der Waals surface area contributed by atoms with E-state index < -0.39 is 10.9 Å². The van der Waals surface area contributed by atoms with Crippen molar-refractivity contribution >= 4 is 45.0 Å². The molecular weight excluding hydrogens is 480 g/mol. The van der Waals surface area contributed by atoms with Crippen molar-refractivity contribution in [3.63, 3.8) is 0 Å². The van der Waals surface area contributed by atoms with Crippen LogP contribution < -0.4 is 14.9 Å². The maximum absolute atomic E-state index is 11.6. The average Bonchev–Trinajstić information content (AvgIpc) is 3.37. The molecule has 0 unspecified atom stereocenters. The standard InChI is InChI=1S/C24H26N8O3S/c1-16(33)31-9-11-32(12-10-31)20-7-5-19(6-8-20)27-24-22-21(15-25-30-22)28-23(29-24)18-4-2-3-17(13-18)14-26-36(34)35/h2-8,13,15,36H,9-12,14H2,1H3,(H,25,30)(H,26,34,35)(H,27,28,29). The second-order valence-electron chi connectivity index (χ2n) is 8.48. The molecular formula is C24H26N8O3S. The van der Waals surface area contributed by atoms with Crippen molar-refractivity contribution in [2.45, 2.75) is 13.5 Å². The van der Waals surface area contributed by atoms with Crippen LogP contribution in [0.4, 0.5) is 17.2 Å². The van der Waals surface area contributed by atoms with Gasteiger partial charge in [0.25, 0.3) is 0 Å². The molecule has 0 saturated carbocycles. The number of aromatic amines is 1. The Balaban J connectivity index is 1.36. The predicted octanol–water partition coefficient (Wildman–Crippen LogP) is 2.05. The molecule has 1 fully saturated rings. The van der Waals surface area contributed by atoms with E-state index in [0.717, 1.165) is 48.7 Å². The van der Waals surface area contributed by atoms with E-state index in [9.17, 15) is 13.2 Å². The number of rotatable bonds is 7. The Morgan fingerprint density at radius 3 is 2.56 bits per heavy atom. The monoisotopic (exact) mass is 506 g/mol. The topological polar surface area (TPSA) is 136 Å². The third-order valence-electron chi connectivity index (χ3n) is 6.12. The summed E-state index contributed by atoms with van der Waals surface area (Å²) >= 11 is 0. The summed E-state index contributed by atoms with van der Waals surface area (Å²) in [7, 11) is -2.67. The fraction of sp³-hybridized carbons (Fsp3) is 0.250. The minimum Gasteiger partial charge on any atom is -0.368 e. The van der Waals surface area contributed by atoms with Crippen molar-refractivity contribution < 1.29 is 13.2 Å². The zero-order valence-corrected chi connectivity index (χ0v) is 20.5. The van der Waals surface area contributed by atoms with E-state index in [1.165, 1.54) is 0 Å². The van der Waals surface area contributed by atoms with Crippen LogP contribution in [0.15, 0.2) is 54.7 Å². The fourth-order valence-corrected chi connectivity index (χ4v) is 4.52. The van der Waals surface area contributed by atoms with E-state index in [1.807, 2.05) is 41.3 Å². The first kappa shape index (κ1) is 23.7. The summed E-state index contributed by atoms with van der Waals surface area (Å²) in [5, 5.41) is 10.4. The number of nitrogens with zero attached hydrogens (tertiary/aromatic N) is 5. The van der Waals surface area contributed by atoms with Crippen LogP contribution in [0.25, 0.3) is 22.4 Å². The number of thiol groups is 1. The second-order valence-corrected chi connectivity index (χ2v) is 9.31. The lowest BCUT2D eigenvalue weighted by Crippen LogP contribution is -2.48. The quantitative estimate of drug-likeness (QED) is 0.280. The first-order chi connectivity index (χ1) is 17.5. The third-order valence-corrected chi connectivity index (χ3v) is 6.53. The smallest absolute Gasteiger partial charge is 0.219 e. The van der Waals surface area contributed by atoms with Gasteiger partial charge in [0.05, 0.1) is 6.20 Å². The Morgan fingerprint density at radius 1 is 1.06 bits per heavy atom. The van der Waals surface area contributed by atoms with Gasteiger partial charge in [-0.05, 0) is 35.9 Å². The lowest BCUT2D eigenvalue weighted by atomic mass is 10.1. The number of fused-ring (bicyclic) bond motifs is 1. The molecule has 2 aromatic carbocycles. The molecule has 1 aliphatic heterocycles. The zero-order valence-electron chi connectivity index (χ0n) is 19.6. The van der Waals surface area contributed by atoms with Gasteiger partial charge >= 0.3 is 0 Å². The number of amides is 1. The number of carbonyl (C=O) groups is 1. The van der Waals surface area contributed by atoms with Crippen LogP contribution in [-0.4, -0.2) is 65.6 Å². The first-order valence-corrected chi connectivity index (χ1v) is 12.7. The Morgan fingerprint density at radius 2 is 1.83 bits per heavy atom. The Hall–Kier alpha value is -4.03. The first-order valence-electron chi connectivity index (χ1n) is 11.5. The maximum atomic E-state index is 11.6. The van der Waals surface area contributed by atoms with Crippen LogP contribution in [0.2, 0.25) is 0 Å². The Labute approximate surface area is 209 Å². The molecule has 0 bridgehead atoms. The zero-order chi connectivity index (χ0) is 25.1. The van der Waals surface area contributed by atoms with Crippen LogP contribution in [0, 0.1) is 0 Å². The van der Waals surface area contributed by atoms with Gasteiger partial charge in [-0.25, -0.2) is 23.1 Å². The molecule has 0 radical (unpaired) electrons. The van der Waals surface area contributed by atoms with Crippen LogP contribution in [0.1, 0.15) is 12.5 Å². The molecule has 11 nitrogen and oxygen atoms in total. The number of aromatic nitrogens is 4. The van der Waals surface area contributed by atoms with E-state index in [-0.39, 0.29) is 12.5 Å². The summed E-state index contributed by atoms with van der Waals surface area (Å²) in [6.07, 6.45) is 1.64. The summed E-state index contributed by atoms with van der Waals surface area (Å²) in [6.45, 7) is 4.86. The van der Waals surface area contributed by atoms with Crippen molar-refractivity contribution in [1.82, 2.24) is 29.8 Å². The van der Waals surface area contributed by atoms with Crippen LogP contribution in [0.3, 0.4) is 0 Å². The summed E-state index contributed by atoms with van der Waals surface area (Å²) in [6, 6.07) is 15.5. The van der Waals surface area contributed by atoms with Crippen molar-refractivity contribution in [1.29, 1.82) is 0 Å². The number of hydrogen-bond acceptors (Lipinski definition) is 8. The van der Waals surface area contributed by atoms with Crippen LogP contribution in [0.5, 0.6) is 0 Å². The Bertz CT molecular complexity index is 1450. The molecule has 36 heavy (non-hydrogen) atoms. The number of nitrogens with one attached hydrogen (secondary N) is 3. The van der Waals surface area contributed by atoms with Gasteiger partial charge < -0.3 is 15.1 Å². The summed E-state index contributed by atoms with van der Waals surface area (Å²) in [5.74, 6) is 1.20. The summed E-state index contributed by atoms with van der Waals surface area (Å²) in [4.78, 5) is 25.1. The van der Waals surface area contributed by atoms with E-state index in [4.69, 9.17) is 4.98 Å². The molecule has 5 rings (SSSR count). The van der Waals surface area contributed by atoms with Gasteiger partial charge in [-0.1, -0.05) is 18.2 Å². The van der Waals surface area contributed by atoms with E-state index in [0.29, 0.717) is 22.7 Å². The van der Waals surface area contributed by atoms with Gasteiger partial charge in [-0.2, -0.15) is 5.10 Å². The SMILES string of the molecule is CC(=O)N1CCN(c2ccc(Nc3nc(-c4cccc(CN[SH](=O)=O)c4)nc4cn[nH]c34)cc2)CC1. The maximum Gasteiger partial charge on any atom is 0.219 e. The number of benzene rings is 2. The van der Waals surface area contributed by atoms with Gasteiger partial charge in [0.2, 0.25) is 16.8 Å². The fourth-order valence-electron chi connectivity index (χ4n) is 4.21. The molecule has 186 valence electrons. The predicted molar refractivity (Wildman–Crippen MR) is 138 cm³/mol. The molecule has 4 aromatic rings. The van der Waals surface area contributed by atoms with Crippen LogP contribution >= 0.6 is 0 Å². The van der Waals surface area contributed by atoms with Crippen molar-refractivity contribution in [3.05, 3.63) is 60.3 Å². The minimum absolute atomic E-state index is 0.117. The number of H-pyrrole nitrogens is 1. The van der Waals surface area contributed by atoms with E-state index >= 15 is 0 Å². The molecule has 3 N–H and O–H groups in total. The second kappa shape index (κ2) is 10.3. The van der Waals surface area contributed by atoms with Gasteiger partial charge in [0.15, 0.2) is 11.6 Å². The third kappa shape index (κ3) is 5.29. The van der Waals surface area contributed by atoms with E-state index in [1.54, 1.807) is 13.1 Å². The highest BCUT2D eigenvalue weighted by Crippen LogP contribution is 2.27. The average molecular weight is 507 g/mol.